The maximum absolute atomic E-state index is 5.14. The van der Waals surface area contributed by atoms with E-state index in [1.165, 1.54) is 31.3 Å². The number of hydrogen-bond donors (Lipinski definition) is 0. The zero-order valence-electron chi connectivity index (χ0n) is 23.2. The van der Waals surface area contributed by atoms with Crippen LogP contribution in [-0.2, 0) is 0 Å². The highest BCUT2D eigenvalue weighted by Crippen LogP contribution is 2.40. The number of hydrogen-bond acceptors (Lipinski definition) is 4. The van der Waals surface area contributed by atoms with E-state index in [2.05, 4.69) is 108 Å². The first-order valence-corrected chi connectivity index (χ1v) is 15.1. The summed E-state index contributed by atoms with van der Waals surface area (Å²) in [4.78, 5) is 14.4. The smallest absolute Gasteiger partial charge is 0.161 e. The molecule has 5 aromatic carbocycles. The van der Waals surface area contributed by atoms with Gasteiger partial charge in [0, 0.05) is 49.3 Å². The van der Waals surface area contributed by atoms with Crippen LogP contribution in [0.25, 0.3) is 76.3 Å². The van der Waals surface area contributed by atoms with Gasteiger partial charge in [-0.05, 0) is 46.5 Å². The van der Waals surface area contributed by atoms with E-state index >= 15 is 0 Å². The van der Waals surface area contributed by atoms with E-state index in [-0.39, 0.29) is 0 Å². The quantitative estimate of drug-likeness (QED) is 0.208. The van der Waals surface area contributed by atoms with Crippen molar-refractivity contribution < 1.29 is 0 Å². The molecule has 0 unspecified atom stereocenters. The number of thiophene rings is 1. The summed E-state index contributed by atoms with van der Waals surface area (Å²) in [6, 6.07) is 48.8. The second-order valence-corrected chi connectivity index (χ2v) is 11.5. The van der Waals surface area contributed by atoms with E-state index in [1.807, 2.05) is 60.1 Å². The lowest BCUT2D eigenvalue weighted by molar-refractivity contribution is 1.18. The van der Waals surface area contributed by atoms with Crippen molar-refractivity contribution >= 4 is 31.5 Å². The van der Waals surface area contributed by atoms with Crippen LogP contribution >= 0.6 is 11.3 Å². The summed E-state index contributed by atoms with van der Waals surface area (Å²) in [6.45, 7) is 0. The molecule has 0 aliphatic rings. The predicted molar refractivity (Wildman–Crippen MR) is 180 cm³/mol. The molecule has 8 aromatic rings. The Hall–Kier alpha value is -5.45. The van der Waals surface area contributed by atoms with E-state index in [1.54, 1.807) is 0 Å². The monoisotopic (exact) mass is 567 g/mol. The Morgan fingerprint density at radius 3 is 1.79 bits per heavy atom. The standard InChI is InChI=1S/C39H25N3S/c1-2-9-28(10-3-1)35-25-36(42-39(41-35)34-13-5-4-11-30(34)27-21-23-40-24-22-27)29-19-17-26(18-20-29)31-14-8-15-33-32-12-6-7-16-37(32)43-38(31)33/h1-25H. The second-order valence-electron chi connectivity index (χ2n) is 10.5. The van der Waals surface area contributed by atoms with Gasteiger partial charge in [0.1, 0.15) is 0 Å². The van der Waals surface area contributed by atoms with E-state index < -0.39 is 0 Å². The number of nitrogens with zero attached hydrogens (tertiary/aromatic N) is 3. The molecule has 0 radical (unpaired) electrons. The molecule has 0 saturated carbocycles. The zero-order chi connectivity index (χ0) is 28.6. The molecule has 0 aliphatic carbocycles. The minimum Gasteiger partial charge on any atom is -0.265 e. The molecular weight excluding hydrogens is 543 g/mol. The summed E-state index contributed by atoms with van der Waals surface area (Å²) >= 11 is 1.86. The normalized spacial score (nSPS) is 11.3. The van der Waals surface area contributed by atoms with Crippen LogP contribution in [-0.4, -0.2) is 15.0 Å². The molecule has 8 rings (SSSR count). The molecule has 3 heterocycles. The fourth-order valence-electron chi connectivity index (χ4n) is 5.73. The molecule has 0 spiro atoms. The maximum Gasteiger partial charge on any atom is 0.161 e. The molecule has 4 heteroatoms. The second kappa shape index (κ2) is 10.8. The van der Waals surface area contributed by atoms with Gasteiger partial charge >= 0.3 is 0 Å². The largest absolute Gasteiger partial charge is 0.265 e. The van der Waals surface area contributed by atoms with Crippen LogP contribution in [0.2, 0.25) is 0 Å². The molecule has 0 aliphatic heterocycles. The summed E-state index contributed by atoms with van der Waals surface area (Å²) < 4.78 is 2.63. The van der Waals surface area contributed by atoms with Crippen molar-refractivity contribution in [3.05, 3.63) is 152 Å². The van der Waals surface area contributed by atoms with Gasteiger partial charge in [-0.1, -0.05) is 115 Å². The fraction of sp³-hybridized carbons (Fsp3) is 0. The molecular formula is C39H25N3S. The zero-order valence-corrected chi connectivity index (χ0v) is 24.0. The van der Waals surface area contributed by atoms with Gasteiger partial charge in [-0.2, -0.15) is 0 Å². The van der Waals surface area contributed by atoms with Crippen molar-refractivity contribution in [2.45, 2.75) is 0 Å². The van der Waals surface area contributed by atoms with Crippen molar-refractivity contribution in [3.8, 4) is 56.2 Å². The van der Waals surface area contributed by atoms with Gasteiger partial charge in [0.25, 0.3) is 0 Å². The highest BCUT2D eigenvalue weighted by atomic mass is 32.1. The number of benzene rings is 5. The summed E-state index contributed by atoms with van der Waals surface area (Å²) in [5, 5.41) is 2.62. The SMILES string of the molecule is c1ccc(-c2cc(-c3ccc(-c4cccc5c4sc4ccccc45)cc3)nc(-c3ccccc3-c3ccncc3)n2)cc1. The number of aromatic nitrogens is 3. The van der Waals surface area contributed by atoms with Crippen LogP contribution in [0.15, 0.2) is 152 Å². The van der Waals surface area contributed by atoms with Crippen molar-refractivity contribution in [2.24, 2.45) is 0 Å². The Labute approximate surface area is 253 Å². The number of rotatable bonds is 5. The Kier molecular flexibility index (Phi) is 6.32. The molecule has 0 bridgehead atoms. The average molecular weight is 568 g/mol. The first-order chi connectivity index (χ1) is 21.3. The Balaban J connectivity index is 1.25. The van der Waals surface area contributed by atoms with Gasteiger partial charge < -0.3 is 0 Å². The van der Waals surface area contributed by atoms with Gasteiger partial charge in [0.15, 0.2) is 5.82 Å². The molecule has 43 heavy (non-hydrogen) atoms. The average Bonchev–Trinajstić information content (AvgIpc) is 3.48. The van der Waals surface area contributed by atoms with E-state index in [0.29, 0.717) is 5.82 Å². The molecule has 3 nitrogen and oxygen atoms in total. The molecule has 0 atom stereocenters. The van der Waals surface area contributed by atoms with E-state index in [0.717, 1.165) is 39.2 Å². The van der Waals surface area contributed by atoms with Crippen molar-refractivity contribution in [1.29, 1.82) is 0 Å². The maximum atomic E-state index is 5.14. The van der Waals surface area contributed by atoms with Gasteiger partial charge in [-0.15, -0.1) is 11.3 Å². The molecule has 0 N–H and O–H groups in total. The predicted octanol–water partition coefficient (Wildman–Crippen LogP) is 10.6. The molecule has 0 saturated heterocycles. The van der Waals surface area contributed by atoms with Crippen LogP contribution in [0.4, 0.5) is 0 Å². The van der Waals surface area contributed by atoms with Gasteiger partial charge in [-0.25, -0.2) is 9.97 Å². The van der Waals surface area contributed by atoms with Crippen LogP contribution in [0, 0.1) is 0 Å². The lowest BCUT2D eigenvalue weighted by atomic mass is 9.98. The third-order valence-electron chi connectivity index (χ3n) is 7.85. The summed E-state index contributed by atoms with van der Waals surface area (Å²) in [5.74, 6) is 0.697. The molecule has 202 valence electrons. The fourth-order valence-corrected chi connectivity index (χ4v) is 6.97. The van der Waals surface area contributed by atoms with Crippen LogP contribution in [0.3, 0.4) is 0 Å². The first kappa shape index (κ1) is 25.3. The van der Waals surface area contributed by atoms with E-state index in [4.69, 9.17) is 9.97 Å². The van der Waals surface area contributed by atoms with Crippen molar-refractivity contribution in [1.82, 2.24) is 15.0 Å². The van der Waals surface area contributed by atoms with Crippen LogP contribution in [0.1, 0.15) is 0 Å². The van der Waals surface area contributed by atoms with Crippen LogP contribution < -0.4 is 0 Å². The van der Waals surface area contributed by atoms with E-state index in [9.17, 15) is 0 Å². The minimum atomic E-state index is 0.697. The molecule has 0 fully saturated rings. The molecule has 3 aromatic heterocycles. The van der Waals surface area contributed by atoms with Crippen LogP contribution in [0.5, 0.6) is 0 Å². The first-order valence-electron chi connectivity index (χ1n) is 14.3. The van der Waals surface area contributed by atoms with Gasteiger partial charge in [-0.3, -0.25) is 4.98 Å². The highest BCUT2D eigenvalue weighted by Gasteiger charge is 2.15. The number of fused-ring (bicyclic) bond motifs is 3. The number of pyridine rings is 1. The topological polar surface area (TPSA) is 38.7 Å². The van der Waals surface area contributed by atoms with Crippen molar-refractivity contribution in [3.63, 3.8) is 0 Å². The van der Waals surface area contributed by atoms with Gasteiger partial charge in [0.05, 0.1) is 11.4 Å². The minimum absolute atomic E-state index is 0.697. The Morgan fingerprint density at radius 1 is 0.419 bits per heavy atom. The summed E-state index contributed by atoms with van der Waals surface area (Å²) in [6.07, 6.45) is 3.64. The Bertz CT molecular complexity index is 2220. The lowest BCUT2D eigenvalue weighted by Gasteiger charge is -2.13. The van der Waals surface area contributed by atoms with Gasteiger partial charge in [0.2, 0.25) is 0 Å². The summed E-state index contributed by atoms with van der Waals surface area (Å²) in [7, 11) is 0. The third kappa shape index (κ3) is 4.68. The summed E-state index contributed by atoms with van der Waals surface area (Å²) in [5.41, 5.74) is 9.49. The highest BCUT2D eigenvalue weighted by molar-refractivity contribution is 7.26. The van der Waals surface area contributed by atoms with Crippen molar-refractivity contribution in [2.75, 3.05) is 0 Å². The third-order valence-corrected chi connectivity index (χ3v) is 9.07. The lowest BCUT2D eigenvalue weighted by Crippen LogP contribution is -1.97. The molecule has 0 amide bonds. The Morgan fingerprint density at radius 2 is 1.00 bits per heavy atom.